The van der Waals surface area contributed by atoms with Crippen molar-refractivity contribution >= 4 is 40.3 Å². The number of rotatable bonds is 8. The van der Waals surface area contributed by atoms with Crippen molar-refractivity contribution in [2.24, 2.45) is 5.92 Å². The van der Waals surface area contributed by atoms with E-state index in [2.05, 4.69) is 33.6 Å². The van der Waals surface area contributed by atoms with Crippen LogP contribution in [0, 0.1) is 23.1 Å². The van der Waals surface area contributed by atoms with Crippen molar-refractivity contribution in [3.05, 3.63) is 48.0 Å². The summed E-state index contributed by atoms with van der Waals surface area (Å²) in [6.07, 6.45) is -4.41. The van der Waals surface area contributed by atoms with Gasteiger partial charge in [0.05, 0.1) is 39.6 Å². The number of fused-ring (bicyclic) bond motifs is 1. The molecule has 3 fully saturated rings. The summed E-state index contributed by atoms with van der Waals surface area (Å²) in [7, 11) is 0. The van der Waals surface area contributed by atoms with Gasteiger partial charge in [-0.05, 0) is 45.0 Å². The van der Waals surface area contributed by atoms with Crippen LogP contribution in [0.2, 0.25) is 0 Å². The molecule has 1 saturated carbocycles. The van der Waals surface area contributed by atoms with E-state index >= 15 is 4.39 Å². The zero-order valence-corrected chi connectivity index (χ0v) is 25.1. The van der Waals surface area contributed by atoms with E-state index in [1.807, 2.05) is 26.1 Å². The van der Waals surface area contributed by atoms with E-state index in [9.17, 15) is 28.7 Å². The number of ether oxygens (including phenoxy) is 2. The summed E-state index contributed by atoms with van der Waals surface area (Å²) in [5.41, 5.74) is 0.0906. The predicted octanol–water partition coefficient (Wildman–Crippen LogP) is 3.57. The topological polar surface area (TPSA) is 128 Å². The minimum Gasteiger partial charge on any atom is -0.442 e. The van der Waals surface area contributed by atoms with Crippen molar-refractivity contribution in [2.75, 3.05) is 31.1 Å². The summed E-state index contributed by atoms with van der Waals surface area (Å²) >= 11 is 2.28. The van der Waals surface area contributed by atoms with Gasteiger partial charge in [-0.25, -0.2) is 9.18 Å². The maximum absolute atomic E-state index is 15.2. The first kappa shape index (κ1) is 30.5. The number of anilines is 1. The number of aliphatic hydroxyl groups excluding tert-OH is 1. The Labute approximate surface area is 253 Å². The zero-order valence-electron chi connectivity index (χ0n) is 23.0. The molecule has 5 atom stereocenters. The van der Waals surface area contributed by atoms with Gasteiger partial charge in [-0.1, -0.05) is 28.7 Å². The number of nitrogens with zero attached hydrogens (tertiary/aromatic N) is 4. The number of nitriles is 1. The minimum absolute atomic E-state index is 0.0519. The van der Waals surface area contributed by atoms with Gasteiger partial charge in [0, 0.05) is 36.3 Å². The summed E-state index contributed by atoms with van der Waals surface area (Å²) in [5.74, 6) is -2.17. The average molecular weight is 699 g/mol. The number of aliphatic hydroxyl groups is 1. The molecule has 1 unspecified atom stereocenters. The number of cyclic esters (lactones) is 1. The third-order valence-corrected chi connectivity index (χ3v) is 9.71. The van der Waals surface area contributed by atoms with Gasteiger partial charge >= 0.3 is 12.5 Å². The second-order valence-corrected chi connectivity index (χ2v) is 13.5. The Balaban J connectivity index is 1.26. The molecule has 224 valence electrons. The molecule has 3 aliphatic rings. The van der Waals surface area contributed by atoms with Gasteiger partial charge in [0.15, 0.2) is 0 Å². The highest BCUT2D eigenvalue weighted by molar-refractivity contribution is 14.1. The summed E-state index contributed by atoms with van der Waals surface area (Å²) in [4.78, 5) is 30.9. The van der Waals surface area contributed by atoms with Crippen LogP contribution in [0.15, 0.2) is 36.5 Å². The molecule has 2 aromatic rings. The fourth-order valence-electron chi connectivity index (χ4n) is 5.69. The SMILES string of the molecule is CC(C)(C)OC(O)N1C[C@@H]2[C@](I)(C1)[C@@]2(C#N)c1ccc(-c2ccc(N3C[C@H](CNC(=O)C(F)F)OC3=O)cc2F)cn1. The lowest BCUT2D eigenvalue weighted by atomic mass is 9.95. The lowest BCUT2D eigenvalue weighted by molar-refractivity contribution is -0.236. The molecule has 2 aliphatic heterocycles. The number of benzene rings is 1. The molecule has 1 aromatic carbocycles. The third kappa shape index (κ3) is 5.31. The van der Waals surface area contributed by atoms with Crippen molar-refractivity contribution in [1.82, 2.24) is 15.2 Å². The molecule has 14 heteroatoms. The van der Waals surface area contributed by atoms with Gasteiger partial charge in [-0.2, -0.15) is 14.0 Å². The summed E-state index contributed by atoms with van der Waals surface area (Å²) in [5, 5.41) is 22.7. The monoisotopic (exact) mass is 699 g/mol. The van der Waals surface area contributed by atoms with E-state index in [1.54, 1.807) is 17.0 Å². The molecule has 0 spiro atoms. The van der Waals surface area contributed by atoms with Gasteiger partial charge in [-0.15, -0.1) is 0 Å². The Kier molecular flexibility index (Phi) is 7.92. The number of nitrogens with one attached hydrogen (secondary N) is 1. The Morgan fingerprint density at radius 3 is 2.62 bits per heavy atom. The fourth-order valence-corrected chi connectivity index (χ4v) is 7.41. The standard InChI is InChI=1S/C28H29F3IN5O5/c1-26(2,3)42-24(39)36-12-20-27(13-33,28(20,32)14-36)21-7-4-15(9-34-21)18-6-5-16(8-19(18)29)37-11-17(41-25(37)40)10-35-23(38)22(30)31/h4-9,17,20,22,24,39H,10-12,14H2,1-3H3,(H,35,38)/t17-,20-,24?,27+,28+/m0/s1. The normalized spacial score (nSPS) is 27.9. The van der Waals surface area contributed by atoms with Gasteiger partial charge in [0.2, 0.25) is 6.41 Å². The van der Waals surface area contributed by atoms with E-state index in [0.717, 1.165) is 11.0 Å². The molecule has 10 nitrogen and oxygen atoms in total. The van der Waals surface area contributed by atoms with E-state index < -0.39 is 51.2 Å². The number of alkyl halides is 3. The number of likely N-dealkylation sites (tertiary alicyclic amines) is 1. The van der Waals surface area contributed by atoms with Crippen LogP contribution in [-0.4, -0.2) is 81.1 Å². The lowest BCUT2D eigenvalue weighted by Gasteiger charge is -2.32. The smallest absolute Gasteiger partial charge is 0.414 e. The molecule has 5 rings (SSSR count). The van der Waals surface area contributed by atoms with E-state index in [4.69, 9.17) is 9.47 Å². The molecule has 2 amide bonds. The molecular weight excluding hydrogens is 670 g/mol. The quantitative estimate of drug-likeness (QED) is 0.244. The lowest BCUT2D eigenvalue weighted by Crippen LogP contribution is -2.45. The summed E-state index contributed by atoms with van der Waals surface area (Å²) in [6, 6.07) is 10.0. The fraction of sp³-hybridized carbons (Fsp3) is 0.500. The molecule has 2 saturated heterocycles. The molecule has 0 radical (unpaired) electrons. The number of pyridine rings is 1. The van der Waals surface area contributed by atoms with Crippen LogP contribution in [0.25, 0.3) is 11.1 Å². The number of amides is 2. The molecule has 3 heterocycles. The van der Waals surface area contributed by atoms with Crippen LogP contribution < -0.4 is 10.2 Å². The largest absolute Gasteiger partial charge is 0.442 e. The van der Waals surface area contributed by atoms with E-state index in [0.29, 0.717) is 24.3 Å². The molecule has 42 heavy (non-hydrogen) atoms. The van der Waals surface area contributed by atoms with Crippen LogP contribution in [0.1, 0.15) is 26.5 Å². The first-order chi connectivity index (χ1) is 19.7. The Bertz CT molecular complexity index is 1430. The highest BCUT2D eigenvalue weighted by Crippen LogP contribution is 2.71. The van der Waals surface area contributed by atoms with Crippen molar-refractivity contribution < 1.29 is 37.3 Å². The number of hydrogen-bond acceptors (Lipinski definition) is 8. The Morgan fingerprint density at radius 1 is 1.33 bits per heavy atom. The van der Waals surface area contributed by atoms with Crippen molar-refractivity contribution in [3.8, 4) is 17.2 Å². The Hall–Kier alpha value is -3.00. The maximum Gasteiger partial charge on any atom is 0.414 e. The van der Waals surface area contributed by atoms with E-state index in [-0.39, 0.29) is 30.3 Å². The van der Waals surface area contributed by atoms with Crippen LogP contribution >= 0.6 is 22.6 Å². The molecular formula is C28H29F3IN5O5. The second-order valence-electron chi connectivity index (χ2n) is 11.6. The van der Waals surface area contributed by atoms with E-state index in [1.165, 1.54) is 18.3 Å². The Morgan fingerprint density at radius 2 is 2.07 bits per heavy atom. The number of aromatic nitrogens is 1. The van der Waals surface area contributed by atoms with Gasteiger partial charge in [0.1, 0.15) is 17.3 Å². The van der Waals surface area contributed by atoms with Crippen molar-refractivity contribution in [2.45, 2.75) is 54.2 Å². The average Bonchev–Trinajstić information content (AvgIpc) is 3.18. The highest BCUT2D eigenvalue weighted by atomic mass is 127. The number of carbonyl (C=O) groups is 2. The minimum atomic E-state index is -3.18. The molecule has 2 N–H and O–H groups in total. The molecule has 0 bridgehead atoms. The van der Waals surface area contributed by atoms with Crippen LogP contribution in [0.4, 0.5) is 23.7 Å². The summed E-state index contributed by atoms with van der Waals surface area (Å²) < 4.78 is 50.3. The number of carbonyl (C=O) groups excluding carboxylic acids is 2. The van der Waals surface area contributed by atoms with Gasteiger partial charge in [0.25, 0.3) is 5.91 Å². The highest BCUT2D eigenvalue weighted by Gasteiger charge is 2.81. The van der Waals surface area contributed by atoms with Gasteiger partial charge < -0.3 is 19.9 Å². The summed E-state index contributed by atoms with van der Waals surface area (Å²) in [6.45, 7) is 6.13. The van der Waals surface area contributed by atoms with Crippen LogP contribution in [0.5, 0.6) is 0 Å². The number of halogens is 4. The third-order valence-electron chi connectivity index (χ3n) is 7.76. The van der Waals surface area contributed by atoms with Crippen molar-refractivity contribution in [3.63, 3.8) is 0 Å². The molecule has 1 aliphatic carbocycles. The van der Waals surface area contributed by atoms with Crippen LogP contribution in [-0.2, 0) is 19.7 Å². The first-order valence-corrected chi connectivity index (χ1v) is 14.3. The predicted molar refractivity (Wildman–Crippen MR) is 152 cm³/mol. The maximum atomic E-state index is 15.2. The first-order valence-electron chi connectivity index (χ1n) is 13.2. The zero-order chi connectivity index (χ0) is 30.6. The van der Waals surface area contributed by atoms with Crippen LogP contribution in [0.3, 0.4) is 0 Å². The number of hydrogen-bond donors (Lipinski definition) is 2. The molecule has 1 aromatic heterocycles. The van der Waals surface area contributed by atoms with Crippen molar-refractivity contribution in [1.29, 1.82) is 5.26 Å². The van der Waals surface area contributed by atoms with Gasteiger partial charge in [-0.3, -0.25) is 19.6 Å². The number of piperidine rings is 1. The second kappa shape index (κ2) is 10.9.